The molecule has 1 saturated heterocycles. The fourth-order valence-corrected chi connectivity index (χ4v) is 2.59. The van der Waals surface area contributed by atoms with Crippen molar-refractivity contribution < 1.29 is 13.2 Å². The summed E-state index contributed by atoms with van der Waals surface area (Å²) in [5.74, 6) is 1.02. The number of halogens is 3. The van der Waals surface area contributed by atoms with E-state index in [0.29, 0.717) is 25.0 Å². The van der Waals surface area contributed by atoms with Crippen LogP contribution in [0.4, 0.5) is 13.2 Å². The first-order valence-corrected chi connectivity index (χ1v) is 8.26. The van der Waals surface area contributed by atoms with E-state index >= 15 is 0 Å². The minimum atomic E-state index is -4.13. The van der Waals surface area contributed by atoms with E-state index in [9.17, 15) is 13.2 Å². The van der Waals surface area contributed by atoms with Gasteiger partial charge >= 0.3 is 6.18 Å². The second-order valence-corrected chi connectivity index (χ2v) is 5.80. The monoisotopic (exact) mass is 322 g/mol. The van der Waals surface area contributed by atoms with Crippen LogP contribution in [-0.4, -0.2) is 56.3 Å². The summed E-state index contributed by atoms with van der Waals surface area (Å²) in [6, 6.07) is 0. The summed E-state index contributed by atoms with van der Waals surface area (Å²) in [5.41, 5.74) is 0. The van der Waals surface area contributed by atoms with Crippen LogP contribution in [0.25, 0.3) is 0 Å². The lowest BCUT2D eigenvalue weighted by atomic mass is 9.97. The Labute approximate surface area is 131 Å². The van der Waals surface area contributed by atoms with Gasteiger partial charge in [-0.1, -0.05) is 6.92 Å². The number of rotatable bonds is 7. The van der Waals surface area contributed by atoms with E-state index in [-0.39, 0.29) is 6.54 Å². The van der Waals surface area contributed by atoms with E-state index < -0.39 is 12.6 Å². The highest BCUT2D eigenvalue weighted by atomic mass is 19.4. The van der Waals surface area contributed by atoms with Crippen LogP contribution in [0, 0.1) is 5.92 Å². The number of nitrogens with zero attached hydrogens (tertiary/aromatic N) is 2. The van der Waals surface area contributed by atoms with Crippen LogP contribution in [0.3, 0.4) is 0 Å². The van der Waals surface area contributed by atoms with E-state index in [1.165, 1.54) is 6.42 Å². The molecule has 0 saturated carbocycles. The zero-order chi connectivity index (χ0) is 16.4. The van der Waals surface area contributed by atoms with E-state index in [1.807, 2.05) is 6.92 Å². The van der Waals surface area contributed by atoms with E-state index in [1.54, 1.807) is 0 Å². The molecule has 0 bridgehead atoms. The van der Waals surface area contributed by atoms with Crippen LogP contribution >= 0.6 is 0 Å². The molecule has 4 nitrogen and oxygen atoms in total. The molecule has 1 aliphatic heterocycles. The van der Waals surface area contributed by atoms with Gasteiger partial charge in [0.05, 0.1) is 6.42 Å². The molecule has 0 unspecified atom stereocenters. The van der Waals surface area contributed by atoms with Gasteiger partial charge in [-0.2, -0.15) is 13.2 Å². The van der Waals surface area contributed by atoms with Crippen molar-refractivity contribution >= 4 is 5.96 Å². The van der Waals surface area contributed by atoms with Crippen LogP contribution in [0.2, 0.25) is 0 Å². The molecule has 0 spiro atoms. The summed E-state index contributed by atoms with van der Waals surface area (Å²) in [6.45, 7) is 8.64. The molecule has 2 N–H and O–H groups in total. The van der Waals surface area contributed by atoms with E-state index in [2.05, 4.69) is 27.4 Å². The molecule has 0 atom stereocenters. The molecule has 0 aromatic rings. The third-order valence-corrected chi connectivity index (χ3v) is 3.80. The molecule has 0 radical (unpaired) electrons. The van der Waals surface area contributed by atoms with Gasteiger partial charge in [-0.3, -0.25) is 4.99 Å². The number of guanidine groups is 1. The largest absolute Gasteiger partial charge is 0.390 e. The number of piperidine rings is 1. The first-order chi connectivity index (χ1) is 10.4. The fourth-order valence-electron chi connectivity index (χ4n) is 2.59. The third kappa shape index (κ3) is 8.46. The van der Waals surface area contributed by atoms with E-state index in [4.69, 9.17) is 0 Å². The zero-order valence-electron chi connectivity index (χ0n) is 13.7. The Kier molecular flexibility index (Phi) is 8.60. The maximum atomic E-state index is 12.2. The second kappa shape index (κ2) is 9.92. The molecule has 7 heteroatoms. The Hall–Kier alpha value is -0.980. The average Bonchev–Trinajstić information content (AvgIpc) is 2.45. The maximum Gasteiger partial charge on any atom is 0.390 e. The summed E-state index contributed by atoms with van der Waals surface area (Å²) < 4.78 is 36.5. The van der Waals surface area contributed by atoms with Crippen LogP contribution in [0.1, 0.15) is 39.5 Å². The molecule has 0 aromatic heterocycles. The quantitative estimate of drug-likeness (QED) is 0.559. The van der Waals surface area contributed by atoms with Crippen molar-refractivity contribution in [2.45, 2.75) is 45.7 Å². The number of likely N-dealkylation sites (tertiary alicyclic amines) is 1. The van der Waals surface area contributed by atoms with Crippen molar-refractivity contribution in [3.05, 3.63) is 0 Å². The maximum absolute atomic E-state index is 12.2. The normalized spacial score (nSPS) is 18.5. The molecular formula is C15H29F3N4. The standard InChI is InChI=1S/C15H29F3N4/c1-3-9-22-10-5-13(6-11-22)12-21-14(19-4-2)20-8-7-15(16,17)18/h13H,3-12H2,1-2H3,(H2,19,20,21). The molecule has 22 heavy (non-hydrogen) atoms. The Morgan fingerprint density at radius 2 is 1.86 bits per heavy atom. The highest BCUT2D eigenvalue weighted by Gasteiger charge is 2.26. The van der Waals surface area contributed by atoms with Gasteiger partial charge in [0, 0.05) is 19.6 Å². The van der Waals surface area contributed by atoms with Gasteiger partial charge in [0.25, 0.3) is 0 Å². The molecule has 130 valence electrons. The smallest absolute Gasteiger partial charge is 0.357 e. The van der Waals surface area contributed by atoms with Gasteiger partial charge < -0.3 is 15.5 Å². The van der Waals surface area contributed by atoms with Crippen LogP contribution < -0.4 is 10.6 Å². The topological polar surface area (TPSA) is 39.7 Å². The van der Waals surface area contributed by atoms with Gasteiger partial charge in [-0.25, -0.2) is 0 Å². The van der Waals surface area contributed by atoms with Crippen LogP contribution in [0.15, 0.2) is 4.99 Å². The Morgan fingerprint density at radius 3 is 2.41 bits per heavy atom. The molecule has 1 aliphatic rings. The molecular weight excluding hydrogens is 293 g/mol. The van der Waals surface area contributed by atoms with Crippen molar-refractivity contribution in [3.63, 3.8) is 0 Å². The summed E-state index contributed by atoms with van der Waals surface area (Å²) >= 11 is 0. The van der Waals surface area contributed by atoms with Crippen molar-refractivity contribution in [2.75, 3.05) is 39.3 Å². The summed E-state index contributed by atoms with van der Waals surface area (Å²) in [7, 11) is 0. The van der Waals surface area contributed by atoms with Crippen molar-refractivity contribution in [1.29, 1.82) is 0 Å². The van der Waals surface area contributed by atoms with Crippen molar-refractivity contribution in [2.24, 2.45) is 10.9 Å². The first-order valence-electron chi connectivity index (χ1n) is 8.26. The van der Waals surface area contributed by atoms with Crippen molar-refractivity contribution in [1.82, 2.24) is 15.5 Å². The molecule has 1 heterocycles. The number of alkyl halides is 3. The lowest BCUT2D eigenvalue weighted by molar-refractivity contribution is -0.132. The van der Waals surface area contributed by atoms with Gasteiger partial charge in [-0.05, 0) is 51.7 Å². The highest BCUT2D eigenvalue weighted by Crippen LogP contribution is 2.18. The number of hydrogen-bond donors (Lipinski definition) is 2. The predicted octanol–water partition coefficient (Wildman–Crippen LogP) is 2.62. The number of aliphatic imine (C=N–C) groups is 1. The zero-order valence-corrected chi connectivity index (χ0v) is 13.7. The van der Waals surface area contributed by atoms with Gasteiger partial charge in [0.15, 0.2) is 5.96 Å². The summed E-state index contributed by atoms with van der Waals surface area (Å²) in [4.78, 5) is 6.90. The van der Waals surface area contributed by atoms with Crippen LogP contribution in [0.5, 0.6) is 0 Å². The Morgan fingerprint density at radius 1 is 1.18 bits per heavy atom. The van der Waals surface area contributed by atoms with Gasteiger partial charge in [0.1, 0.15) is 0 Å². The molecule has 0 aliphatic carbocycles. The van der Waals surface area contributed by atoms with E-state index in [0.717, 1.165) is 32.5 Å². The Balaban J connectivity index is 2.33. The van der Waals surface area contributed by atoms with Gasteiger partial charge in [0.2, 0.25) is 0 Å². The third-order valence-electron chi connectivity index (χ3n) is 3.80. The lowest BCUT2D eigenvalue weighted by Gasteiger charge is -2.31. The highest BCUT2D eigenvalue weighted by molar-refractivity contribution is 5.79. The predicted molar refractivity (Wildman–Crippen MR) is 84.1 cm³/mol. The molecule has 0 aromatic carbocycles. The lowest BCUT2D eigenvalue weighted by Crippen LogP contribution is -2.40. The molecule has 1 fully saturated rings. The second-order valence-electron chi connectivity index (χ2n) is 5.80. The molecule has 0 amide bonds. The Bertz CT molecular complexity index is 323. The van der Waals surface area contributed by atoms with Crippen LogP contribution in [-0.2, 0) is 0 Å². The number of nitrogens with one attached hydrogen (secondary N) is 2. The SMILES string of the molecule is CCCN1CCC(CN=C(NCC)NCCC(F)(F)F)CC1. The number of hydrogen-bond acceptors (Lipinski definition) is 2. The minimum Gasteiger partial charge on any atom is -0.357 e. The minimum absolute atomic E-state index is 0.135. The molecule has 1 rings (SSSR count). The first kappa shape index (κ1) is 19.1. The van der Waals surface area contributed by atoms with Gasteiger partial charge in [-0.15, -0.1) is 0 Å². The summed E-state index contributed by atoms with van der Waals surface area (Å²) in [6.07, 6.45) is -1.56. The summed E-state index contributed by atoms with van der Waals surface area (Å²) in [5, 5.41) is 5.75. The average molecular weight is 322 g/mol. The fraction of sp³-hybridized carbons (Fsp3) is 0.933. The van der Waals surface area contributed by atoms with Crippen molar-refractivity contribution in [3.8, 4) is 0 Å².